The molecule has 2 N–H and O–H groups in total. The van der Waals surface area contributed by atoms with Crippen molar-refractivity contribution in [3.63, 3.8) is 0 Å². The molecule has 1 aromatic heterocycles. The quantitative estimate of drug-likeness (QED) is 0.507. The maximum absolute atomic E-state index is 12.6. The van der Waals surface area contributed by atoms with Gasteiger partial charge in [0.1, 0.15) is 11.8 Å². The normalized spacial score (nSPS) is 15.8. The van der Waals surface area contributed by atoms with Crippen LogP contribution in [0.1, 0.15) is 18.4 Å². The van der Waals surface area contributed by atoms with Gasteiger partial charge in [0.25, 0.3) is 5.91 Å². The van der Waals surface area contributed by atoms with E-state index in [1.807, 2.05) is 60.8 Å². The number of hydrogen-bond donors (Lipinski definition) is 2. The number of benzene rings is 2. The van der Waals surface area contributed by atoms with Gasteiger partial charge in [0.05, 0.1) is 19.2 Å². The highest BCUT2D eigenvalue weighted by Crippen LogP contribution is 2.26. The molecule has 4 amide bonds. The van der Waals surface area contributed by atoms with Crippen LogP contribution in [-0.4, -0.2) is 47.0 Å². The fourth-order valence-electron chi connectivity index (χ4n) is 3.94. The molecule has 1 saturated heterocycles. The molecule has 8 heteroatoms. The minimum absolute atomic E-state index is 0.150. The minimum atomic E-state index is -0.669. The fraction of sp³-hybridized carbons (Fsp3) is 0.292. The number of ether oxygens (including phenoxy) is 1. The van der Waals surface area contributed by atoms with Gasteiger partial charge in [-0.15, -0.1) is 0 Å². The van der Waals surface area contributed by atoms with Crippen LogP contribution < -0.4 is 15.4 Å². The third-order valence-electron chi connectivity index (χ3n) is 5.62. The summed E-state index contributed by atoms with van der Waals surface area (Å²) in [7, 11) is 1.64. The Hall–Kier alpha value is -3.81. The number of carbonyl (C=O) groups is 3. The maximum atomic E-state index is 12.6. The summed E-state index contributed by atoms with van der Waals surface area (Å²) in [5.74, 6) is 0.372. The summed E-state index contributed by atoms with van der Waals surface area (Å²) in [6, 6.07) is 16.1. The fourth-order valence-corrected chi connectivity index (χ4v) is 3.94. The predicted octanol–water partition coefficient (Wildman–Crippen LogP) is 2.67. The average molecular weight is 434 g/mol. The molecule has 1 atom stereocenters. The molecule has 4 rings (SSSR count). The van der Waals surface area contributed by atoms with Crippen molar-refractivity contribution >= 4 is 28.7 Å². The smallest absolute Gasteiger partial charge is 0.325 e. The van der Waals surface area contributed by atoms with E-state index < -0.39 is 12.1 Å². The van der Waals surface area contributed by atoms with Crippen LogP contribution in [0.4, 0.5) is 4.79 Å². The Labute approximate surface area is 186 Å². The summed E-state index contributed by atoms with van der Waals surface area (Å²) in [6.07, 6.45) is 2.40. The zero-order chi connectivity index (χ0) is 22.5. The lowest BCUT2D eigenvalue weighted by atomic mass is 10.1. The lowest BCUT2D eigenvalue weighted by Crippen LogP contribution is -2.33. The number of rotatable bonds is 9. The zero-order valence-corrected chi connectivity index (χ0v) is 17.9. The second kappa shape index (κ2) is 9.55. The summed E-state index contributed by atoms with van der Waals surface area (Å²) in [5, 5.41) is 6.59. The maximum Gasteiger partial charge on any atom is 0.325 e. The van der Waals surface area contributed by atoms with Crippen LogP contribution in [0.3, 0.4) is 0 Å². The standard InChI is InChI=1S/C24H26N4O4/c1-32-21-9-5-8-20-18(21)12-14-27(20)15-13-25-22(29)11-10-19-23(30)28(24(31)26-19)16-17-6-3-2-4-7-17/h2-9,12,14,19H,10-11,13,15-16H2,1H3,(H,25,29)(H,26,31). The molecule has 166 valence electrons. The molecular weight excluding hydrogens is 408 g/mol. The van der Waals surface area contributed by atoms with Crippen LogP contribution in [0, 0.1) is 0 Å². The molecule has 0 aliphatic carbocycles. The van der Waals surface area contributed by atoms with E-state index in [1.54, 1.807) is 7.11 Å². The van der Waals surface area contributed by atoms with E-state index in [4.69, 9.17) is 4.74 Å². The molecule has 2 heterocycles. The monoisotopic (exact) mass is 434 g/mol. The minimum Gasteiger partial charge on any atom is -0.496 e. The SMILES string of the molecule is COc1cccc2c1ccn2CCNC(=O)CCC1NC(=O)N(Cc2ccccc2)C1=O. The van der Waals surface area contributed by atoms with Crippen LogP contribution in [0.25, 0.3) is 10.9 Å². The molecule has 1 unspecified atom stereocenters. The number of nitrogens with zero attached hydrogens (tertiary/aromatic N) is 2. The Morgan fingerprint density at radius 3 is 2.69 bits per heavy atom. The highest BCUT2D eigenvalue weighted by atomic mass is 16.5. The van der Waals surface area contributed by atoms with Gasteiger partial charge in [-0.2, -0.15) is 0 Å². The van der Waals surface area contributed by atoms with Gasteiger partial charge in [0.2, 0.25) is 5.91 Å². The molecular formula is C24H26N4O4. The molecule has 8 nitrogen and oxygen atoms in total. The number of nitrogens with one attached hydrogen (secondary N) is 2. The third-order valence-corrected chi connectivity index (χ3v) is 5.62. The van der Waals surface area contributed by atoms with Crippen molar-refractivity contribution in [1.82, 2.24) is 20.1 Å². The van der Waals surface area contributed by atoms with Gasteiger partial charge < -0.3 is 19.9 Å². The summed E-state index contributed by atoms with van der Waals surface area (Å²) in [5.41, 5.74) is 1.92. The summed E-state index contributed by atoms with van der Waals surface area (Å²) < 4.78 is 7.43. The second-order valence-electron chi connectivity index (χ2n) is 7.70. The van der Waals surface area contributed by atoms with E-state index >= 15 is 0 Å². The van der Waals surface area contributed by atoms with Crippen molar-refractivity contribution in [2.45, 2.75) is 32.0 Å². The van der Waals surface area contributed by atoms with Crippen molar-refractivity contribution in [2.24, 2.45) is 0 Å². The van der Waals surface area contributed by atoms with Crippen LogP contribution >= 0.6 is 0 Å². The van der Waals surface area contributed by atoms with Gasteiger partial charge in [-0.1, -0.05) is 36.4 Å². The average Bonchev–Trinajstić information content (AvgIpc) is 3.34. The van der Waals surface area contributed by atoms with E-state index in [-0.39, 0.29) is 31.2 Å². The Bertz CT molecular complexity index is 1130. The first-order chi connectivity index (χ1) is 15.6. The number of hydrogen-bond acceptors (Lipinski definition) is 4. The van der Waals surface area contributed by atoms with E-state index in [0.717, 1.165) is 22.2 Å². The van der Waals surface area contributed by atoms with Gasteiger partial charge in [0.15, 0.2) is 0 Å². The first-order valence-electron chi connectivity index (χ1n) is 10.6. The summed E-state index contributed by atoms with van der Waals surface area (Å²) >= 11 is 0. The molecule has 0 saturated carbocycles. The summed E-state index contributed by atoms with van der Waals surface area (Å²) in [6.45, 7) is 1.31. The van der Waals surface area contributed by atoms with Crippen LogP contribution in [0.15, 0.2) is 60.8 Å². The number of methoxy groups -OCH3 is 1. The number of carbonyl (C=O) groups excluding carboxylic acids is 3. The largest absolute Gasteiger partial charge is 0.496 e. The lowest BCUT2D eigenvalue weighted by Gasteiger charge is -2.13. The number of imide groups is 1. The number of fused-ring (bicyclic) bond motifs is 1. The lowest BCUT2D eigenvalue weighted by molar-refractivity contribution is -0.128. The molecule has 1 aliphatic rings. The number of urea groups is 1. The van der Waals surface area contributed by atoms with Gasteiger partial charge in [-0.05, 0) is 30.2 Å². The predicted molar refractivity (Wildman–Crippen MR) is 120 cm³/mol. The van der Waals surface area contributed by atoms with Gasteiger partial charge in [-0.3, -0.25) is 14.5 Å². The van der Waals surface area contributed by atoms with Gasteiger partial charge >= 0.3 is 6.03 Å². The van der Waals surface area contributed by atoms with E-state index in [2.05, 4.69) is 15.2 Å². The van der Waals surface area contributed by atoms with Crippen LogP contribution in [0.5, 0.6) is 5.75 Å². The second-order valence-corrected chi connectivity index (χ2v) is 7.70. The first kappa shape index (κ1) is 21.4. The summed E-state index contributed by atoms with van der Waals surface area (Å²) in [4.78, 5) is 38.2. The number of aromatic nitrogens is 1. The Morgan fingerprint density at radius 1 is 1.09 bits per heavy atom. The van der Waals surface area contributed by atoms with E-state index in [9.17, 15) is 14.4 Å². The van der Waals surface area contributed by atoms with E-state index in [0.29, 0.717) is 13.1 Å². The van der Waals surface area contributed by atoms with Crippen LogP contribution in [0.2, 0.25) is 0 Å². The molecule has 3 aromatic rings. The topological polar surface area (TPSA) is 92.7 Å². The van der Waals surface area contributed by atoms with E-state index in [1.165, 1.54) is 4.90 Å². The molecule has 0 bridgehead atoms. The molecule has 1 aliphatic heterocycles. The van der Waals surface area contributed by atoms with Crippen molar-refractivity contribution < 1.29 is 19.1 Å². The van der Waals surface area contributed by atoms with Crippen LogP contribution in [-0.2, 0) is 22.7 Å². The zero-order valence-electron chi connectivity index (χ0n) is 17.9. The first-order valence-corrected chi connectivity index (χ1v) is 10.6. The highest BCUT2D eigenvalue weighted by Gasteiger charge is 2.37. The van der Waals surface area contributed by atoms with Crippen molar-refractivity contribution in [3.05, 3.63) is 66.4 Å². The Morgan fingerprint density at radius 2 is 1.91 bits per heavy atom. The van der Waals surface area contributed by atoms with Crippen molar-refractivity contribution in [2.75, 3.05) is 13.7 Å². The van der Waals surface area contributed by atoms with Gasteiger partial charge in [0, 0.05) is 31.1 Å². The van der Waals surface area contributed by atoms with Crippen molar-refractivity contribution in [3.8, 4) is 5.75 Å². The molecule has 0 radical (unpaired) electrons. The highest BCUT2D eigenvalue weighted by molar-refractivity contribution is 6.04. The Balaban J connectivity index is 1.24. The Kier molecular flexibility index (Phi) is 6.39. The molecule has 1 fully saturated rings. The molecule has 2 aromatic carbocycles. The van der Waals surface area contributed by atoms with Crippen molar-refractivity contribution in [1.29, 1.82) is 0 Å². The van der Waals surface area contributed by atoms with Gasteiger partial charge in [-0.25, -0.2) is 4.79 Å². The third kappa shape index (κ3) is 4.59. The molecule has 0 spiro atoms. The number of amides is 4. The molecule has 32 heavy (non-hydrogen) atoms.